The maximum absolute atomic E-state index is 11.6. The minimum absolute atomic E-state index is 0.122. The summed E-state index contributed by atoms with van der Waals surface area (Å²) < 4.78 is 0. The van der Waals surface area contributed by atoms with Crippen molar-refractivity contribution in [2.24, 2.45) is 17.1 Å². The predicted octanol–water partition coefficient (Wildman–Crippen LogP) is 1.03. The number of hydrogen-bond acceptors (Lipinski definition) is 3. The third-order valence-electron chi connectivity index (χ3n) is 3.65. The summed E-state index contributed by atoms with van der Waals surface area (Å²) in [6.07, 6.45) is 3.93. The molecule has 0 atom stereocenters. The number of carbonyl (C=O) groups excluding carboxylic acids is 1. The maximum atomic E-state index is 11.6. The van der Waals surface area contributed by atoms with Crippen molar-refractivity contribution >= 4 is 5.91 Å². The van der Waals surface area contributed by atoms with Crippen LogP contribution in [0.5, 0.6) is 0 Å². The van der Waals surface area contributed by atoms with Gasteiger partial charge in [0.05, 0.1) is 6.10 Å². The smallest absolute Gasteiger partial charge is 0.220 e. The third kappa shape index (κ3) is 5.50. The number of nitrogens with one attached hydrogen (secondary N) is 1. The lowest BCUT2D eigenvalue weighted by Gasteiger charge is -2.31. The van der Waals surface area contributed by atoms with Crippen LogP contribution in [0, 0.1) is 11.3 Å². The van der Waals surface area contributed by atoms with Crippen LogP contribution in [-0.4, -0.2) is 30.2 Å². The van der Waals surface area contributed by atoms with Gasteiger partial charge in [0.1, 0.15) is 0 Å². The van der Waals surface area contributed by atoms with Crippen molar-refractivity contribution in [3.63, 3.8) is 0 Å². The van der Waals surface area contributed by atoms with Crippen LogP contribution in [0.4, 0.5) is 0 Å². The van der Waals surface area contributed by atoms with Crippen molar-refractivity contribution in [1.82, 2.24) is 5.32 Å². The topological polar surface area (TPSA) is 75.4 Å². The van der Waals surface area contributed by atoms with E-state index in [1.807, 2.05) is 0 Å². The Morgan fingerprint density at radius 1 is 1.41 bits per heavy atom. The van der Waals surface area contributed by atoms with E-state index in [9.17, 15) is 4.79 Å². The molecule has 0 bridgehead atoms. The van der Waals surface area contributed by atoms with Crippen LogP contribution in [0.2, 0.25) is 0 Å². The summed E-state index contributed by atoms with van der Waals surface area (Å²) >= 11 is 0. The molecule has 0 aromatic heterocycles. The first-order valence-electron chi connectivity index (χ1n) is 6.58. The lowest BCUT2D eigenvalue weighted by Crippen LogP contribution is -2.38. The van der Waals surface area contributed by atoms with Gasteiger partial charge in [-0.2, -0.15) is 0 Å². The van der Waals surface area contributed by atoms with E-state index in [0.717, 1.165) is 25.7 Å². The summed E-state index contributed by atoms with van der Waals surface area (Å²) in [5.41, 5.74) is 5.69. The first-order valence-corrected chi connectivity index (χ1v) is 6.58. The molecule has 1 aliphatic rings. The Kier molecular flexibility index (Phi) is 5.40. The normalized spacial score (nSPS) is 24.2. The summed E-state index contributed by atoms with van der Waals surface area (Å²) in [6, 6.07) is 0. The van der Waals surface area contributed by atoms with Crippen molar-refractivity contribution in [2.75, 3.05) is 13.1 Å². The van der Waals surface area contributed by atoms with Crippen LogP contribution in [0.15, 0.2) is 0 Å². The summed E-state index contributed by atoms with van der Waals surface area (Å²) in [5, 5.41) is 12.1. The number of aliphatic hydroxyl groups is 1. The van der Waals surface area contributed by atoms with Crippen LogP contribution in [0.3, 0.4) is 0 Å². The number of nitrogens with two attached hydrogens (primary N) is 1. The number of carbonyl (C=O) groups is 1. The van der Waals surface area contributed by atoms with E-state index in [4.69, 9.17) is 10.8 Å². The van der Waals surface area contributed by atoms with Gasteiger partial charge in [0.15, 0.2) is 0 Å². The Morgan fingerprint density at radius 2 is 2.06 bits per heavy atom. The quantitative estimate of drug-likeness (QED) is 0.624. The van der Waals surface area contributed by atoms with Gasteiger partial charge in [-0.05, 0) is 43.6 Å². The Hall–Kier alpha value is -0.610. The molecular weight excluding hydrogens is 216 g/mol. The molecule has 0 radical (unpaired) electrons. The van der Waals surface area contributed by atoms with Crippen LogP contribution in [0.25, 0.3) is 0 Å². The summed E-state index contributed by atoms with van der Waals surface area (Å²) in [7, 11) is 0. The van der Waals surface area contributed by atoms with Crippen molar-refractivity contribution in [2.45, 2.75) is 52.1 Å². The molecule has 100 valence electrons. The van der Waals surface area contributed by atoms with Crippen molar-refractivity contribution in [1.29, 1.82) is 0 Å². The molecule has 0 heterocycles. The molecular formula is C13H26N2O2. The van der Waals surface area contributed by atoms with E-state index >= 15 is 0 Å². The second-order valence-electron chi connectivity index (χ2n) is 6.00. The Balaban J connectivity index is 2.08. The number of hydrogen-bond donors (Lipinski definition) is 3. The summed E-state index contributed by atoms with van der Waals surface area (Å²) in [5.74, 6) is 0.600. The molecule has 1 fully saturated rings. The molecule has 0 aromatic rings. The van der Waals surface area contributed by atoms with Gasteiger partial charge in [-0.15, -0.1) is 0 Å². The second kappa shape index (κ2) is 6.36. The molecule has 1 amide bonds. The standard InChI is InChI=1S/C13H26N2O2/c1-13(2,5-6-14)4-3-12(17)15-9-10-7-11(16)8-10/h10-11,16H,3-9,14H2,1-2H3,(H,15,17). The Bertz CT molecular complexity index is 248. The second-order valence-corrected chi connectivity index (χ2v) is 6.00. The molecule has 1 saturated carbocycles. The molecule has 17 heavy (non-hydrogen) atoms. The van der Waals surface area contributed by atoms with E-state index in [1.165, 1.54) is 0 Å². The number of amides is 1. The summed E-state index contributed by atoms with van der Waals surface area (Å²) in [6.45, 7) is 5.69. The fraction of sp³-hybridized carbons (Fsp3) is 0.923. The molecule has 0 unspecified atom stereocenters. The molecule has 0 saturated heterocycles. The van der Waals surface area contributed by atoms with Crippen molar-refractivity contribution < 1.29 is 9.90 Å². The van der Waals surface area contributed by atoms with Gasteiger partial charge in [0.25, 0.3) is 0 Å². The molecule has 4 nitrogen and oxygen atoms in total. The highest BCUT2D eigenvalue weighted by atomic mass is 16.3. The molecule has 0 aliphatic heterocycles. The largest absolute Gasteiger partial charge is 0.393 e. The van der Waals surface area contributed by atoms with E-state index in [2.05, 4.69) is 19.2 Å². The summed E-state index contributed by atoms with van der Waals surface area (Å²) in [4.78, 5) is 11.6. The minimum atomic E-state index is -0.139. The number of aliphatic hydroxyl groups excluding tert-OH is 1. The van der Waals surface area contributed by atoms with Gasteiger partial charge in [0, 0.05) is 13.0 Å². The van der Waals surface area contributed by atoms with Crippen LogP contribution < -0.4 is 11.1 Å². The molecule has 1 aliphatic carbocycles. The monoisotopic (exact) mass is 242 g/mol. The maximum Gasteiger partial charge on any atom is 0.220 e. The van der Waals surface area contributed by atoms with E-state index in [1.54, 1.807) is 0 Å². The predicted molar refractivity (Wildman–Crippen MR) is 68.4 cm³/mol. The van der Waals surface area contributed by atoms with Gasteiger partial charge in [-0.3, -0.25) is 4.79 Å². The highest BCUT2D eigenvalue weighted by molar-refractivity contribution is 5.75. The average Bonchev–Trinajstić information content (AvgIpc) is 2.20. The lowest BCUT2D eigenvalue weighted by atomic mass is 9.82. The Morgan fingerprint density at radius 3 is 2.59 bits per heavy atom. The average molecular weight is 242 g/mol. The fourth-order valence-electron chi connectivity index (χ4n) is 2.18. The third-order valence-corrected chi connectivity index (χ3v) is 3.65. The van der Waals surface area contributed by atoms with E-state index in [0.29, 0.717) is 25.4 Å². The molecule has 0 spiro atoms. The lowest BCUT2D eigenvalue weighted by molar-refractivity contribution is -0.122. The van der Waals surface area contributed by atoms with Gasteiger partial charge < -0.3 is 16.2 Å². The van der Waals surface area contributed by atoms with Crippen molar-refractivity contribution in [3.8, 4) is 0 Å². The molecule has 4 N–H and O–H groups in total. The van der Waals surface area contributed by atoms with Crippen LogP contribution >= 0.6 is 0 Å². The fourth-order valence-corrected chi connectivity index (χ4v) is 2.18. The zero-order valence-corrected chi connectivity index (χ0v) is 11.0. The first kappa shape index (κ1) is 14.5. The van der Waals surface area contributed by atoms with Gasteiger partial charge in [-0.25, -0.2) is 0 Å². The van der Waals surface area contributed by atoms with E-state index < -0.39 is 0 Å². The van der Waals surface area contributed by atoms with Gasteiger partial charge in [-0.1, -0.05) is 13.8 Å². The minimum Gasteiger partial charge on any atom is -0.393 e. The SMILES string of the molecule is CC(C)(CCN)CCC(=O)NCC1CC(O)C1. The zero-order valence-electron chi connectivity index (χ0n) is 11.0. The first-order chi connectivity index (χ1) is 7.93. The van der Waals surface area contributed by atoms with Crippen LogP contribution in [-0.2, 0) is 4.79 Å². The molecule has 4 heteroatoms. The van der Waals surface area contributed by atoms with E-state index in [-0.39, 0.29) is 17.4 Å². The zero-order chi connectivity index (χ0) is 12.9. The highest BCUT2D eigenvalue weighted by Crippen LogP contribution is 2.27. The molecule has 1 rings (SSSR count). The van der Waals surface area contributed by atoms with Crippen LogP contribution in [0.1, 0.15) is 46.0 Å². The molecule has 0 aromatic carbocycles. The van der Waals surface area contributed by atoms with Gasteiger partial charge in [0.2, 0.25) is 5.91 Å². The Labute approximate surface area is 104 Å². The number of rotatable bonds is 7. The van der Waals surface area contributed by atoms with Gasteiger partial charge >= 0.3 is 0 Å². The highest BCUT2D eigenvalue weighted by Gasteiger charge is 2.27. The van der Waals surface area contributed by atoms with Crippen molar-refractivity contribution in [3.05, 3.63) is 0 Å².